The third kappa shape index (κ3) is 4.21. The number of nitrogens with zero attached hydrogens (tertiary/aromatic N) is 2. The molecule has 1 aromatic carbocycles. The molecule has 0 fully saturated rings. The Morgan fingerprint density at radius 2 is 2.00 bits per heavy atom. The molecule has 0 amide bonds. The van der Waals surface area contributed by atoms with Crippen molar-refractivity contribution in [2.75, 3.05) is 0 Å². The van der Waals surface area contributed by atoms with E-state index in [2.05, 4.69) is 4.98 Å². The minimum absolute atomic E-state index is 0.0481. The summed E-state index contributed by atoms with van der Waals surface area (Å²) in [7, 11) is 0. The van der Waals surface area contributed by atoms with Gasteiger partial charge in [-0.05, 0) is 31.2 Å². The largest absolute Gasteiger partial charge is 0.439 e. The molecule has 4 heteroatoms. The molecule has 0 aliphatic carbocycles. The minimum atomic E-state index is -0.0481. The fraction of sp³-hybridized carbons (Fsp3) is 0.188. The van der Waals surface area contributed by atoms with Crippen LogP contribution in [-0.2, 0) is 0 Å². The molecule has 0 unspecified atom stereocenters. The summed E-state index contributed by atoms with van der Waals surface area (Å²) in [6, 6.07) is 12.0. The van der Waals surface area contributed by atoms with Crippen LogP contribution in [0.15, 0.2) is 42.6 Å². The van der Waals surface area contributed by atoms with Crippen LogP contribution in [0.4, 0.5) is 0 Å². The van der Waals surface area contributed by atoms with Crippen LogP contribution in [0, 0.1) is 11.3 Å². The van der Waals surface area contributed by atoms with Crippen LogP contribution in [0.25, 0.3) is 0 Å². The number of benzene rings is 1. The van der Waals surface area contributed by atoms with E-state index in [1.165, 1.54) is 13.1 Å². The van der Waals surface area contributed by atoms with Crippen molar-refractivity contribution in [2.45, 2.75) is 20.8 Å². The van der Waals surface area contributed by atoms with Crippen molar-refractivity contribution in [3.05, 3.63) is 53.7 Å². The van der Waals surface area contributed by atoms with Crippen molar-refractivity contribution in [1.29, 1.82) is 5.26 Å². The molecule has 1 aromatic heterocycles. The molecule has 102 valence electrons. The predicted molar refractivity (Wildman–Crippen MR) is 76.8 cm³/mol. The SMILES string of the molecule is CC.CC(=O)c1ccnc(Oc2cccc(C#N)c2)c1. The number of ether oxygens (including phenoxy) is 1. The van der Waals surface area contributed by atoms with Gasteiger partial charge in [0.1, 0.15) is 5.75 Å². The Labute approximate surface area is 118 Å². The standard InChI is InChI=1S/C14H10N2O2.C2H6/c1-10(17)12-5-6-16-14(8-12)18-13-4-2-3-11(7-13)9-15;1-2/h2-8H,1H3;1-2H3. The average molecular weight is 268 g/mol. The van der Waals surface area contributed by atoms with E-state index in [0.29, 0.717) is 22.8 Å². The van der Waals surface area contributed by atoms with Crippen LogP contribution in [0.2, 0.25) is 0 Å². The van der Waals surface area contributed by atoms with Gasteiger partial charge in [0.2, 0.25) is 5.88 Å². The highest BCUT2D eigenvalue weighted by Crippen LogP contribution is 2.20. The molecule has 0 aliphatic heterocycles. The summed E-state index contributed by atoms with van der Waals surface area (Å²) in [5, 5.41) is 8.78. The molecule has 0 atom stereocenters. The van der Waals surface area contributed by atoms with Crippen LogP contribution in [0.3, 0.4) is 0 Å². The Bertz CT molecular complexity index is 630. The van der Waals surface area contributed by atoms with Crippen molar-refractivity contribution in [3.63, 3.8) is 0 Å². The van der Waals surface area contributed by atoms with Gasteiger partial charge >= 0.3 is 0 Å². The van der Waals surface area contributed by atoms with Gasteiger partial charge in [0.25, 0.3) is 0 Å². The monoisotopic (exact) mass is 268 g/mol. The second-order valence-electron chi connectivity index (χ2n) is 3.68. The van der Waals surface area contributed by atoms with Crippen LogP contribution in [-0.4, -0.2) is 10.8 Å². The van der Waals surface area contributed by atoms with E-state index < -0.39 is 0 Å². The number of carbonyl (C=O) groups is 1. The van der Waals surface area contributed by atoms with E-state index in [9.17, 15) is 4.79 Å². The molecule has 0 aliphatic rings. The Morgan fingerprint density at radius 3 is 2.65 bits per heavy atom. The fourth-order valence-corrected chi connectivity index (χ4v) is 1.43. The van der Waals surface area contributed by atoms with E-state index in [1.807, 2.05) is 19.9 Å². The lowest BCUT2D eigenvalue weighted by molar-refractivity contribution is 0.101. The van der Waals surface area contributed by atoms with Crippen LogP contribution in [0.5, 0.6) is 11.6 Å². The Hall–Kier alpha value is -2.67. The van der Waals surface area contributed by atoms with Crippen molar-refractivity contribution in [2.24, 2.45) is 0 Å². The highest BCUT2D eigenvalue weighted by molar-refractivity contribution is 5.94. The summed E-state index contributed by atoms with van der Waals surface area (Å²) in [4.78, 5) is 15.2. The Morgan fingerprint density at radius 1 is 1.25 bits per heavy atom. The van der Waals surface area contributed by atoms with Crippen LogP contribution >= 0.6 is 0 Å². The second-order valence-corrected chi connectivity index (χ2v) is 3.68. The first-order chi connectivity index (χ1) is 9.69. The molecule has 4 nitrogen and oxygen atoms in total. The van der Waals surface area contributed by atoms with Crippen molar-refractivity contribution >= 4 is 5.78 Å². The summed E-state index contributed by atoms with van der Waals surface area (Å²) >= 11 is 0. The van der Waals surface area contributed by atoms with E-state index >= 15 is 0 Å². The average Bonchev–Trinajstić information content (AvgIpc) is 2.50. The first kappa shape index (κ1) is 15.4. The Balaban J connectivity index is 0.000000956. The molecule has 0 radical (unpaired) electrons. The molecule has 0 bridgehead atoms. The topological polar surface area (TPSA) is 63.0 Å². The van der Waals surface area contributed by atoms with E-state index in [1.54, 1.807) is 36.4 Å². The maximum Gasteiger partial charge on any atom is 0.219 e. The van der Waals surface area contributed by atoms with Crippen molar-refractivity contribution in [3.8, 4) is 17.7 Å². The van der Waals surface area contributed by atoms with Gasteiger partial charge in [0, 0.05) is 17.8 Å². The third-order valence-electron chi connectivity index (χ3n) is 2.33. The number of Topliss-reactive ketones (excluding diaryl/α,β-unsaturated/α-hetero) is 1. The number of rotatable bonds is 3. The van der Waals surface area contributed by atoms with Gasteiger partial charge in [-0.15, -0.1) is 0 Å². The lowest BCUT2D eigenvalue weighted by Crippen LogP contribution is -1.94. The number of ketones is 1. The Kier molecular flexibility index (Phi) is 5.92. The quantitative estimate of drug-likeness (QED) is 0.790. The van der Waals surface area contributed by atoms with Crippen LogP contribution in [0.1, 0.15) is 36.7 Å². The summed E-state index contributed by atoms with van der Waals surface area (Å²) in [5.41, 5.74) is 1.05. The molecule has 0 saturated heterocycles. The predicted octanol–water partition coefficient (Wildman–Crippen LogP) is 3.97. The number of aromatic nitrogens is 1. The van der Waals surface area contributed by atoms with Gasteiger partial charge < -0.3 is 4.74 Å². The van der Waals surface area contributed by atoms with Crippen molar-refractivity contribution in [1.82, 2.24) is 4.98 Å². The molecule has 20 heavy (non-hydrogen) atoms. The first-order valence-electron chi connectivity index (χ1n) is 6.34. The summed E-state index contributed by atoms with van der Waals surface area (Å²) in [6.45, 7) is 5.48. The lowest BCUT2D eigenvalue weighted by Gasteiger charge is -2.05. The zero-order valence-corrected chi connectivity index (χ0v) is 11.8. The van der Waals surface area contributed by atoms with E-state index in [0.717, 1.165) is 0 Å². The summed E-state index contributed by atoms with van der Waals surface area (Å²) < 4.78 is 5.50. The normalized spacial score (nSPS) is 8.90. The van der Waals surface area contributed by atoms with Gasteiger partial charge in [0.05, 0.1) is 11.6 Å². The van der Waals surface area contributed by atoms with Crippen molar-refractivity contribution < 1.29 is 9.53 Å². The maximum absolute atomic E-state index is 11.2. The van der Waals surface area contributed by atoms with Gasteiger partial charge in [-0.2, -0.15) is 5.26 Å². The number of pyridine rings is 1. The maximum atomic E-state index is 11.2. The molecule has 1 heterocycles. The summed E-state index contributed by atoms with van der Waals surface area (Å²) in [6.07, 6.45) is 1.51. The zero-order valence-electron chi connectivity index (χ0n) is 11.8. The first-order valence-corrected chi connectivity index (χ1v) is 6.34. The summed E-state index contributed by atoms with van der Waals surface area (Å²) in [5.74, 6) is 0.799. The molecule has 0 saturated carbocycles. The zero-order chi connectivity index (χ0) is 15.0. The van der Waals surface area contributed by atoms with E-state index in [-0.39, 0.29) is 5.78 Å². The molecule has 0 N–H and O–H groups in total. The highest BCUT2D eigenvalue weighted by atomic mass is 16.5. The minimum Gasteiger partial charge on any atom is -0.439 e. The molecule has 0 spiro atoms. The lowest BCUT2D eigenvalue weighted by atomic mass is 10.2. The number of hydrogen-bond donors (Lipinski definition) is 0. The van der Waals surface area contributed by atoms with Crippen LogP contribution < -0.4 is 4.74 Å². The van der Waals surface area contributed by atoms with Gasteiger partial charge in [-0.25, -0.2) is 4.98 Å². The second kappa shape index (κ2) is 7.70. The van der Waals surface area contributed by atoms with E-state index in [4.69, 9.17) is 10.00 Å². The number of carbonyl (C=O) groups excluding carboxylic acids is 1. The smallest absolute Gasteiger partial charge is 0.219 e. The molecule has 2 aromatic rings. The van der Waals surface area contributed by atoms with Gasteiger partial charge in [-0.1, -0.05) is 19.9 Å². The third-order valence-corrected chi connectivity index (χ3v) is 2.33. The fourth-order valence-electron chi connectivity index (χ4n) is 1.43. The highest BCUT2D eigenvalue weighted by Gasteiger charge is 2.04. The number of hydrogen-bond acceptors (Lipinski definition) is 4. The van der Waals surface area contributed by atoms with Gasteiger partial charge in [-0.3, -0.25) is 4.79 Å². The van der Waals surface area contributed by atoms with Gasteiger partial charge in [0.15, 0.2) is 5.78 Å². The molecular weight excluding hydrogens is 252 g/mol. The molecule has 2 rings (SSSR count). The molecular formula is C16H16N2O2. The number of nitriles is 1.